The largest absolute Gasteiger partial charge is 0.756 e. The van der Waals surface area contributed by atoms with Crippen LogP contribution in [0.5, 0.6) is 0 Å². The third kappa shape index (κ3) is 48.1. The summed E-state index contributed by atoms with van der Waals surface area (Å²) in [5.74, 6) is -0.220. The molecular formula is C55H103N2O6P. The zero-order valence-corrected chi connectivity index (χ0v) is 43.4. The SMILES string of the molecule is CCCCC/C=C\C/C=C\C/C=C\CCCCCCCCC(=O)NC(COP(=O)([O-])OCC[N+](C)(C)C)C(O)/C=C/CC/C=C/CCCCCCCCCCCCCCCCCCC. The van der Waals surface area contributed by atoms with Crippen molar-refractivity contribution in [1.82, 2.24) is 5.32 Å². The first-order valence-electron chi connectivity index (χ1n) is 26.7. The van der Waals surface area contributed by atoms with Gasteiger partial charge in [0.15, 0.2) is 0 Å². The molecule has 0 spiro atoms. The second kappa shape index (κ2) is 46.3. The van der Waals surface area contributed by atoms with Gasteiger partial charge in [0.05, 0.1) is 39.9 Å². The fourth-order valence-corrected chi connectivity index (χ4v) is 8.19. The number of nitrogens with zero attached hydrogens (tertiary/aromatic N) is 1. The molecule has 64 heavy (non-hydrogen) atoms. The van der Waals surface area contributed by atoms with Crippen LogP contribution in [0, 0.1) is 0 Å². The molecule has 0 saturated carbocycles. The van der Waals surface area contributed by atoms with Crippen LogP contribution in [-0.4, -0.2) is 68.5 Å². The number of phosphoric ester groups is 1. The molecule has 0 aliphatic rings. The predicted octanol–water partition coefficient (Wildman–Crippen LogP) is 15.1. The number of rotatable bonds is 48. The standard InChI is InChI=1S/C55H103N2O6P/c1-6-8-10-12-14-16-18-20-22-24-26-27-28-29-31-32-34-36-38-40-42-44-46-48-54(58)53(52-63-64(60,61)62-51-50-57(3,4)5)56-55(59)49-47-45-43-41-39-37-35-33-30-25-23-21-19-17-15-13-11-9-7-2/h15,17,21,23,30,33,38,40,46,48,53-54,58H,6-14,16,18-20,22,24-29,31-32,34-37,39,41-45,47,49-52H2,1-5H3,(H-,56,59,60,61)/b17-15-,23-21-,33-30-,40-38+,48-46+. The van der Waals surface area contributed by atoms with E-state index in [0.717, 1.165) is 64.2 Å². The number of hydrogen-bond donors (Lipinski definition) is 2. The fraction of sp³-hybridized carbons (Fsp3) is 0.800. The Morgan fingerprint density at radius 1 is 0.547 bits per heavy atom. The van der Waals surface area contributed by atoms with Crippen molar-refractivity contribution in [2.24, 2.45) is 0 Å². The molecule has 0 aromatic heterocycles. The number of aliphatic hydroxyl groups excluding tert-OH is 1. The van der Waals surface area contributed by atoms with Crippen molar-refractivity contribution >= 4 is 13.7 Å². The minimum atomic E-state index is -4.61. The lowest BCUT2D eigenvalue weighted by Crippen LogP contribution is -2.45. The van der Waals surface area contributed by atoms with Gasteiger partial charge in [0.2, 0.25) is 5.91 Å². The second-order valence-electron chi connectivity index (χ2n) is 19.2. The van der Waals surface area contributed by atoms with E-state index in [9.17, 15) is 19.4 Å². The van der Waals surface area contributed by atoms with Crippen LogP contribution in [0.2, 0.25) is 0 Å². The normalized spacial score (nSPS) is 14.5. The molecule has 3 atom stereocenters. The van der Waals surface area contributed by atoms with Crippen LogP contribution >= 0.6 is 7.82 Å². The summed E-state index contributed by atoms with van der Waals surface area (Å²) in [4.78, 5) is 25.4. The van der Waals surface area contributed by atoms with Gasteiger partial charge in [-0.15, -0.1) is 0 Å². The van der Waals surface area contributed by atoms with Crippen molar-refractivity contribution in [1.29, 1.82) is 0 Å². The molecule has 1 amide bonds. The van der Waals surface area contributed by atoms with Crippen LogP contribution in [0.15, 0.2) is 60.8 Å². The van der Waals surface area contributed by atoms with Gasteiger partial charge >= 0.3 is 0 Å². The topological polar surface area (TPSA) is 108 Å². The molecule has 0 aromatic carbocycles. The van der Waals surface area contributed by atoms with Crippen molar-refractivity contribution in [2.45, 2.75) is 244 Å². The quantitative estimate of drug-likeness (QED) is 0.0272. The molecule has 2 N–H and O–H groups in total. The van der Waals surface area contributed by atoms with Crippen molar-refractivity contribution in [3.63, 3.8) is 0 Å². The van der Waals surface area contributed by atoms with Gasteiger partial charge in [-0.1, -0.05) is 216 Å². The maximum atomic E-state index is 12.9. The van der Waals surface area contributed by atoms with E-state index in [-0.39, 0.29) is 12.5 Å². The maximum absolute atomic E-state index is 12.9. The highest BCUT2D eigenvalue weighted by molar-refractivity contribution is 7.45. The number of hydrogen-bond acceptors (Lipinski definition) is 6. The minimum absolute atomic E-state index is 0.0113. The van der Waals surface area contributed by atoms with Gasteiger partial charge in [0, 0.05) is 6.42 Å². The van der Waals surface area contributed by atoms with Crippen molar-refractivity contribution in [3.05, 3.63) is 60.8 Å². The van der Waals surface area contributed by atoms with Gasteiger partial charge in [-0.2, -0.15) is 0 Å². The lowest BCUT2D eigenvalue weighted by molar-refractivity contribution is -0.870. The summed E-state index contributed by atoms with van der Waals surface area (Å²) < 4.78 is 23.3. The van der Waals surface area contributed by atoms with Crippen molar-refractivity contribution < 1.29 is 32.9 Å². The first-order chi connectivity index (χ1) is 31.0. The van der Waals surface area contributed by atoms with Gasteiger partial charge < -0.3 is 28.8 Å². The number of likely N-dealkylation sites (N-methyl/N-ethyl adjacent to an activating group) is 1. The monoisotopic (exact) mass is 919 g/mol. The van der Waals surface area contributed by atoms with E-state index in [1.807, 2.05) is 27.2 Å². The van der Waals surface area contributed by atoms with E-state index < -0.39 is 26.6 Å². The molecule has 0 saturated heterocycles. The Labute approximate surface area is 396 Å². The van der Waals surface area contributed by atoms with E-state index in [2.05, 4.69) is 67.8 Å². The summed E-state index contributed by atoms with van der Waals surface area (Å²) in [5.41, 5.74) is 0. The average Bonchev–Trinajstić information content (AvgIpc) is 3.25. The Bertz CT molecular complexity index is 1230. The van der Waals surface area contributed by atoms with Crippen LogP contribution in [0.25, 0.3) is 0 Å². The number of quaternary nitrogens is 1. The van der Waals surface area contributed by atoms with Crippen LogP contribution in [0.1, 0.15) is 232 Å². The number of aliphatic hydroxyl groups is 1. The number of unbranched alkanes of at least 4 members (excludes halogenated alkanes) is 27. The molecule has 8 nitrogen and oxygen atoms in total. The summed E-state index contributed by atoms with van der Waals surface area (Å²) in [7, 11) is 1.23. The molecule has 0 aliphatic carbocycles. The molecule has 0 rings (SSSR count). The summed E-state index contributed by atoms with van der Waals surface area (Å²) in [6.07, 6.45) is 61.4. The number of allylic oxidation sites excluding steroid dienone is 9. The Kier molecular flexibility index (Phi) is 45.0. The van der Waals surface area contributed by atoms with E-state index in [1.165, 1.54) is 148 Å². The van der Waals surface area contributed by atoms with Crippen molar-refractivity contribution in [3.8, 4) is 0 Å². The zero-order valence-electron chi connectivity index (χ0n) is 42.5. The van der Waals surface area contributed by atoms with Gasteiger partial charge in [-0.25, -0.2) is 0 Å². The Morgan fingerprint density at radius 2 is 0.922 bits per heavy atom. The molecule has 0 aromatic rings. The molecule has 9 heteroatoms. The highest BCUT2D eigenvalue weighted by Gasteiger charge is 2.23. The van der Waals surface area contributed by atoms with Crippen molar-refractivity contribution in [2.75, 3.05) is 40.9 Å². The Morgan fingerprint density at radius 3 is 1.41 bits per heavy atom. The van der Waals surface area contributed by atoms with Crippen LogP contribution in [0.4, 0.5) is 0 Å². The lowest BCUT2D eigenvalue weighted by Gasteiger charge is -2.29. The molecule has 0 fully saturated rings. The van der Waals surface area contributed by atoms with E-state index in [0.29, 0.717) is 17.4 Å². The van der Waals surface area contributed by atoms with E-state index in [4.69, 9.17) is 9.05 Å². The molecule has 3 unspecified atom stereocenters. The smallest absolute Gasteiger partial charge is 0.268 e. The molecule has 0 bridgehead atoms. The van der Waals surface area contributed by atoms with Gasteiger partial charge in [0.25, 0.3) is 7.82 Å². The fourth-order valence-electron chi connectivity index (χ4n) is 7.47. The maximum Gasteiger partial charge on any atom is 0.268 e. The predicted molar refractivity (Wildman–Crippen MR) is 274 cm³/mol. The molecule has 374 valence electrons. The first kappa shape index (κ1) is 62.2. The first-order valence-corrected chi connectivity index (χ1v) is 28.1. The number of nitrogens with one attached hydrogen (secondary N) is 1. The van der Waals surface area contributed by atoms with E-state index >= 15 is 0 Å². The van der Waals surface area contributed by atoms with Gasteiger partial charge in [-0.05, 0) is 70.6 Å². The third-order valence-corrected chi connectivity index (χ3v) is 12.7. The molecule has 0 aliphatic heterocycles. The Balaban J connectivity index is 4.36. The number of amides is 1. The van der Waals surface area contributed by atoms with Gasteiger partial charge in [0.1, 0.15) is 13.2 Å². The molecule has 0 radical (unpaired) electrons. The molecular weight excluding hydrogens is 816 g/mol. The van der Waals surface area contributed by atoms with Gasteiger partial charge in [-0.3, -0.25) is 9.36 Å². The Hall–Kier alpha value is -1.80. The summed E-state index contributed by atoms with van der Waals surface area (Å²) in [5, 5.41) is 13.8. The van der Waals surface area contributed by atoms with Crippen LogP contribution < -0.4 is 10.2 Å². The highest BCUT2D eigenvalue weighted by atomic mass is 31.2. The van der Waals surface area contributed by atoms with E-state index in [1.54, 1.807) is 6.08 Å². The summed E-state index contributed by atoms with van der Waals surface area (Å²) >= 11 is 0. The lowest BCUT2D eigenvalue weighted by atomic mass is 10.0. The van der Waals surface area contributed by atoms with Crippen LogP contribution in [0.3, 0.4) is 0 Å². The summed E-state index contributed by atoms with van der Waals surface area (Å²) in [6, 6.07) is -0.913. The third-order valence-electron chi connectivity index (χ3n) is 11.7. The number of carbonyl (C=O) groups excluding carboxylic acids is 1. The summed E-state index contributed by atoms with van der Waals surface area (Å²) in [6.45, 7) is 4.60. The number of carbonyl (C=O) groups is 1. The average molecular weight is 919 g/mol. The zero-order chi connectivity index (χ0) is 47.1. The van der Waals surface area contributed by atoms with Crippen LogP contribution in [-0.2, 0) is 18.4 Å². The second-order valence-corrected chi connectivity index (χ2v) is 20.6. The number of phosphoric acid groups is 1. The molecule has 0 heterocycles. The highest BCUT2D eigenvalue weighted by Crippen LogP contribution is 2.38. The minimum Gasteiger partial charge on any atom is -0.756 e.